The van der Waals surface area contributed by atoms with Crippen LogP contribution in [0.4, 0.5) is 0 Å². The fourth-order valence-corrected chi connectivity index (χ4v) is 3.14. The Balaban J connectivity index is 0.00000180. The molecule has 3 nitrogen and oxygen atoms in total. The van der Waals surface area contributed by atoms with Gasteiger partial charge in [0, 0.05) is 5.39 Å². The SMILES string of the molecule is CCc1ccc2cccc(S(=O)(=O)[O-])c2c1CC.[Na+]. The van der Waals surface area contributed by atoms with Crippen molar-refractivity contribution in [2.24, 2.45) is 0 Å². The summed E-state index contributed by atoms with van der Waals surface area (Å²) >= 11 is 0. The van der Waals surface area contributed by atoms with E-state index >= 15 is 0 Å². The van der Waals surface area contributed by atoms with Crippen molar-refractivity contribution in [1.82, 2.24) is 0 Å². The van der Waals surface area contributed by atoms with Crippen molar-refractivity contribution in [3.63, 3.8) is 0 Å². The van der Waals surface area contributed by atoms with Crippen LogP contribution in [0.2, 0.25) is 0 Å². The predicted molar refractivity (Wildman–Crippen MR) is 70.7 cm³/mol. The van der Waals surface area contributed by atoms with Crippen molar-refractivity contribution in [3.05, 3.63) is 41.5 Å². The zero-order valence-corrected chi connectivity index (χ0v) is 14.3. The number of fused-ring (bicyclic) bond motifs is 1. The minimum atomic E-state index is -4.44. The summed E-state index contributed by atoms with van der Waals surface area (Å²) in [5.74, 6) is 0. The second-order valence-electron chi connectivity index (χ2n) is 4.22. The van der Waals surface area contributed by atoms with Gasteiger partial charge >= 0.3 is 29.6 Å². The molecule has 0 atom stereocenters. The van der Waals surface area contributed by atoms with Crippen LogP contribution in [0.25, 0.3) is 10.8 Å². The average molecular weight is 286 g/mol. The topological polar surface area (TPSA) is 57.2 Å². The van der Waals surface area contributed by atoms with E-state index in [1.165, 1.54) is 6.07 Å². The van der Waals surface area contributed by atoms with Crippen LogP contribution in [0.1, 0.15) is 25.0 Å². The molecule has 0 aliphatic rings. The molecular formula is C14H15NaO3S. The molecule has 0 radical (unpaired) electrons. The van der Waals surface area contributed by atoms with E-state index in [0.29, 0.717) is 11.8 Å². The van der Waals surface area contributed by atoms with E-state index in [9.17, 15) is 13.0 Å². The summed E-state index contributed by atoms with van der Waals surface area (Å²) in [4.78, 5) is -0.104. The Morgan fingerprint density at radius 3 is 2.26 bits per heavy atom. The van der Waals surface area contributed by atoms with Gasteiger partial charge in [-0.05, 0) is 35.4 Å². The summed E-state index contributed by atoms with van der Waals surface area (Å²) in [6.07, 6.45) is 1.54. The van der Waals surface area contributed by atoms with Crippen molar-refractivity contribution in [2.45, 2.75) is 31.6 Å². The molecule has 0 N–H and O–H groups in total. The molecule has 0 fully saturated rings. The van der Waals surface area contributed by atoms with Gasteiger partial charge in [-0.3, -0.25) is 0 Å². The summed E-state index contributed by atoms with van der Waals surface area (Å²) in [5, 5.41) is 1.40. The van der Waals surface area contributed by atoms with Crippen molar-refractivity contribution in [2.75, 3.05) is 0 Å². The molecule has 0 aliphatic carbocycles. The number of hydrogen-bond acceptors (Lipinski definition) is 3. The van der Waals surface area contributed by atoms with E-state index in [1.54, 1.807) is 6.07 Å². The first-order chi connectivity index (χ1) is 8.49. The summed E-state index contributed by atoms with van der Waals surface area (Å²) < 4.78 is 34.1. The molecular weight excluding hydrogens is 271 g/mol. The summed E-state index contributed by atoms with van der Waals surface area (Å²) in [6.45, 7) is 4.00. The van der Waals surface area contributed by atoms with Gasteiger partial charge < -0.3 is 4.55 Å². The van der Waals surface area contributed by atoms with Gasteiger partial charge in [0.05, 0.1) is 4.90 Å². The number of hydrogen-bond donors (Lipinski definition) is 0. The van der Waals surface area contributed by atoms with Gasteiger partial charge in [0.1, 0.15) is 10.1 Å². The molecule has 0 bridgehead atoms. The average Bonchev–Trinajstić information content (AvgIpc) is 2.35. The smallest absolute Gasteiger partial charge is 0.744 e. The van der Waals surface area contributed by atoms with E-state index in [4.69, 9.17) is 0 Å². The number of benzene rings is 2. The zero-order chi connectivity index (χ0) is 13.3. The Bertz CT molecular complexity index is 693. The molecule has 0 aromatic heterocycles. The molecule has 5 heteroatoms. The van der Waals surface area contributed by atoms with E-state index in [0.717, 1.165) is 22.9 Å². The Hall–Kier alpha value is -0.390. The third-order valence-corrected chi connectivity index (χ3v) is 4.09. The maximum absolute atomic E-state index is 11.4. The van der Waals surface area contributed by atoms with E-state index in [1.807, 2.05) is 32.0 Å². The second kappa shape index (κ2) is 6.37. The van der Waals surface area contributed by atoms with Crippen molar-refractivity contribution in [3.8, 4) is 0 Å². The molecule has 2 rings (SSSR count). The molecule has 0 saturated heterocycles. The van der Waals surface area contributed by atoms with Crippen LogP contribution in [-0.4, -0.2) is 13.0 Å². The van der Waals surface area contributed by atoms with Crippen LogP contribution in [0.3, 0.4) is 0 Å². The minimum absolute atomic E-state index is 0. The molecule has 0 spiro atoms. The zero-order valence-electron chi connectivity index (χ0n) is 11.4. The summed E-state index contributed by atoms with van der Waals surface area (Å²) in [7, 11) is -4.44. The van der Waals surface area contributed by atoms with Crippen LogP contribution < -0.4 is 29.6 Å². The maximum Gasteiger partial charge on any atom is 1.00 e. The monoisotopic (exact) mass is 286 g/mol. The van der Waals surface area contributed by atoms with Gasteiger partial charge in [-0.15, -0.1) is 0 Å². The Labute approximate surface area is 136 Å². The molecule has 96 valence electrons. The van der Waals surface area contributed by atoms with Crippen LogP contribution in [0, 0.1) is 0 Å². The first-order valence-corrected chi connectivity index (χ1v) is 7.39. The third-order valence-electron chi connectivity index (χ3n) is 3.22. The van der Waals surface area contributed by atoms with Gasteiger partial charge in [0.2, 0.25) is 0 Å². The van der Waals surface area contributed by atoms with Crippen LogP contribution in [0.5, 0.6) is 0 Å². The maximum atomic E-state index is 11.4. The molecule has 0 saturated carbocycles. The van der Waals surface area contributed by atoms with Gasteiger partial charge in [0.25, 0.3) is 0 Å². The number of rotatable bonds is 3. The Kier molecular flexibility index (Phi) is 5.59. The summed E-state index contributed by atoms with van der Waals surface area (Å²) in [6, 6.07) is 8.72. The molecule has 0 unspecified atom stereocenters. The molecule has 0 aliphatic heterocycles. The summed E-state index contributed by atoms with van der Waals surface area (Å²) in [5.41, 5.74) is 2.06. The molecule has 19 heavy (non-hydrogen) atoms. The Morgan fingerprint density at radius 2 is 1.74 bits per heavy atom. The van der Waals surface area contributed by atoms with Crippen molar-refractivity contribution >= 4 is 20.9 Å². The second-order valence-corrected chi connectivity index (χ2v) is 5.57. The minimum Gasteiger partial charge on any atom is -0.744 e. The number of aryl methyl sites for hydroxylation is 2. The van der Waals surface area contributed by atoms with Crippen LogP contribution in [-0.2, 0) is 23.0 Å². The molecule has 0 amide bonds. The molecule has 2 aromatic rings. The van der Waals surface area contributed by atoms with Crippen molar-refractivity contribution in [1.29, 1.82) is 0 Å². The van der Waals surface area contributed by atoms with Gasteiger partial charge in [0.15, 0.2) is 0 Å². The third kappa shape index (κ3) is 3.20. The molecule has 2 aromatic carbocycles. The van der Waals surface area contributed by atoms with Crippen LogP contribution in [0.15, 0.2) is 35.2 Å². The fourth-order valence-electron chi connectivity index (χ4n) is 2.40. The largest absolute Gasteiger partial charge is 1.00 e. The Morgan fingerprint density at radius 1 is 1.05 bits per heavy atom. The fraction of sp³-hybridized carbons (Fsp3) is 0.286. The van der Waals surface area contributed by atoms with E-state index in [2.05, 4.69) is 0 Å². The standard InChI is InChI=1S/C14H16O3S.Na/c1-3-10-8-9-11-6-5-7-13(18(15,16)17)14(11)12(10)4-2;/h5-9H,3-4H2,1-2H3,(H,15,16,17);/q;+1/p-1. The molecule has 0 heterocycles. The van der Waals surface area contributed by atoms with Gasteiger partial charge in [-0.2, -0.15) is 0 Å². The first kappa shape index (κ1) is 16.7. The van der Waals surface area contributed by atoms with Gasteiger partial charge in [-0.25, -0.2) is 8.42 Å². The normalized spacial score (nSPS) is 11.3. The van der Waals surface area contributed by atoms with E-state index in [-0.39, 0.29) is 34.5 Å². The first-order valence-electron chi connectivity index (χ1n) is 5.98. The predicted octanol–water partition coefficient (Wildman–Crippen LogP) is -0.127. The quantitative estimate of drug-likeness (QED) is 0.583. The van der Waals surface area contributed by atoms with E-state index < -0.39 is 10.1 Å². The van der Waals surface area contributed by atoms with Crippen molar-refractivity contribution < 1.29 is 42.5 Å². The van der Waals surface area contributed by atoms with Crippen LogP contribution >= 0.6 is 0 Å². The van der Waals surface area contributed by atoms with Gasteiger partial charge in [-0.1, -0.05) is 38.1 Å².